The van der Waals surface area contributed by atoms with E-state index in [9.17, 15) is 18.5 Å². The summed E-state index contributed by atoms with van der Waals surface area (Å²) < 4.78 is 56.3. The zero-order chi connectivity index (χ0) is 24.8. The van der Waals surface area contributed by atoms with Crippen LogP contribution in [0, 0.1) is 6.92 Å². The molecule has 0 aliphatic carbocycles. The SMILES string of the molecule is [CH2-]CCCCC(OP(=O)(OF)OF)C(N(C)[P+](O)(N(C)C)N(C)C)n1nnc2ccccc21. The Morgan fingerprint density at radius 1 is 1.15 bits per heavy atom. The monoisotopic (exact) mass is 512 g/mol. The molecule has 15 heteroatoms. The Kier molecular flexibility index (Phi) is 10.2. The lowest BCUT2D eigenvalue weighted by Crippen LogP contribution is -2.46. The molecule has 2 rings (SSSR count). The molecule has 0 aliphatic rings. The van der Waals surface area contributed by atoms with Crippen molar-refractivity contribution in [3.05, 3.63) is 31.2 Å². The molecule has 0 aliphatic heterocycles. The second-order valence-electron chi connectivity index (χ2n) is 7.82. The lowest BCUT2D eigenvalue weighted by atomic mass is 10.1. The highest BCUT2D eigenvalue weighted by Gasteiger charge is 2.55. The van der Waals surface area contributed by atoms with Gasteiger partial charge in [-0.05, 0) is 27.6 Å². The molecule has 2 unspecified atom stereocenters. The van der Waals surface area contributed by atoms with Gasteiger partial charge < -0.3 is 6.92 Å². The summed E-state index contributed by atoms with van der Waals surface area (Å²) in [5.74, 6) is 0. The number of para-hydroxylation sites is 1. The molecule has 0 bridgehead atoms. The molecule has 1 aromatic carbocycles. The van der Waals surface area contributed by atoms with Crippen molar-refractivity contribution in [1.29, 1.82) is 0 Å². The first-order valence-electron chi connectivity index (χ1n) is 10.2. The highest BCUT2D eigenvalue weighted by molar-refractivity contribution is 7.63. The summed E-state index contributed by atoms with van der Waals surface area (Å²) in [5.41, 5.74) is 1.12. The second-order valence-corrected chi connectivity index (χ2v) is 12.5. The van der Waals surface area contributed by atoms with Crippen LogP contribution in [-0.2, 0) is 18.5 Å². The van der Waals surface area contributed by atoms with Gasteiger partial charge in [0, 0.05) is 35.2 Å². The molecule has 1 heterocycles. The Hall–Kier alpha value is -1.14. The topological polar surface area (TPSA) is 105 Å². The van der Waals surface area contributed by atoms with Crippen LogP contribution in [0.5, 0.6) is 0 Å². The van der Waals surface area contributed by atoms with E-state index < -0.39 is 28.0 Å². The lowest BCUT2D eigenvalue weighted by Gasteiger charge is -2.41. The van der Waals surface area contributed by atoms with Gasteiger partial charge in [0.1, 0.15) is 11.6 Å². The molecule has 0 saturated carbocycles. The molecule has 2 aromatic rings. The summed E-state index contributed by atoms with van der Waals surface area (Å²) in [6, 6.07) is 7.06. The fourth-order valence-electron chi connectivity index (χ4n) is 3.71. The molecule has 0 spiro atoms. The molecule has 1 aromatic heterocycles. The molecule has 11 nitrogen and oxygen atoms in total. The molecule has 1 N–H and O–H groups in total. The van der Waals surface area contributed by atoms with Gasteiger partial charge >= 0.3 is 15.8 Å². The number of halogens is 2. The average molecular weight is 512 g/mol. The molecule has 33 heavy (non-hydrogen) atoms. The number of rotatable bonds is 14. The third kappa shape index (κ3) is 6.11. The average Bonchev–Trinajstić information content (AvgIpc) is 3.22. The van der Waals surface area contributed by atoms with Gasteiger partial charge in [0.2, 0.25) is 0 Å². The van der Waals surface area contributed by atoms with Gasteiger partial charge in [0.15, 0.2) is 6.17 Å². The Balaban J connectivity index is 2.69. The summed E-state index contributed by atoms with van der Waals surface area (Å²) in [6.07, 6.45) is -0.213. The zero-order valence-corrected chi connectivity index (χ0v) is 21.2. The van der Waals surface area contributed by atoms with E-state index in [0.29, 0.717) is 30.3 Å². The molecule has 0 amide bonds. The summed E-state index contributed by atoms with van der Waals surface area (Å²) in [6.45, 7) is 3.80. The largest absolute Gasteiger partial charge is 0.537 e. The van der Waals surface area contributed by atoms with Crippen LogP contribution in [0.1, 0.15) is 31.8 Å². The minimum absolute atomic E-state index is 0.177. The van der Waals surface area contributed by atoms with E-state index in [1.54, 1.807) is 73.5 Å². The number of benzene rings is 1. The second kappa shape index (κ2) is 12.0. The number of nitrogens with zero attached hydrogens (tertiary/aromatic N) is 6. The number of likely N-dealkylation sites (N-methyl/N-ethyl adjacent to an activating group) is 1. The maximum Gasteiger partial charge on any atom is 0.537 e. The highest BCUT2D eigenvalue weighted by atomic mass is 31.2. The van der Waals surface area contributed by atoms with Crippen LogP contribution in [0.15, 0.2) is 24.3 Å². The fourth-order valence-corrected chi connectivity index (χ4v) is 6.75. The van der Waals surface area contributed by atoms with Gasteiger partial charge in [-0.3, -0.25) is 4.52 Å². The van der Waals surface area contributed by atoms with Crippen LogP contribution in [0.3, 0.4) is 0 Å². The third-order valence-corrected chi connectivity index (χ3v) is 9.36. The number of fused-ring (bicyclic) bond motifs is 1. The van der Waals surface area contributed by atoms with E-state index in [2.05, 4.69) is 26.7 Å². The Labute approximate surface area is 193 Å². The standard InChI is InChI=1S/C18H32F2N6O5P2/c1-7-8-9-14-17(29-33(28,30-19)31-20)18(25(6)32(27,23(2)3)24(4)5)26-16-13-11-10-12-15(16)21-22-26/h10-13,17-18,27H,1,7-9,14H2,2-6H3. The van der Waals surface area contributed by atoms with Crippen molar-refractivity contribution >= 4 is 26.8 Å². The van der Waals surface area contributed by atoms with Crippen molar-refractivity contribution in [3.63, 3.8) is 0 Å². The molecule has 0 saturated heterocycles. The molecule has 0 fully saturated rings. The van der Waals surface area contributed by atoms with Gasteiger partial charge in [-0.2, -0.15) is 11.3 Å². The van der Waals surface area contributed by atoms with E-state index in [1.807, 2.05) is 0 Å². The smallest absolute Gasteiger partial charge is 0.343 e. The number of phosphoric acid groups is 1. The minimum Gasteiger partial charge on any atom is -0.343 e. The van der Waals surface area contributed by atoms with Crippen molar-refractivity contribution in [3.8, 4) is 0 Å². The maximum atomic E-state index is 13.0. The summed E-state index contributed by atoms with van der Waals surface area (Å²) in [4.78, 5) is 11.7. The molecular formula is C18H32F2N6O5P2. The number of hydrogen-bond acceptors (Lipinski definition) is 10. The first-order chi connectivity index (χ1) is 15.6. The normalized spacial score (nSPS) is 15.2. The van der Waals surface area contributed by atoms with Gasteiger partial charge in [0.05, 0.1) is 5.52 Å². The van der Waals surface area contributed by atoms with E-state index in [1.165, 1.54) is 4.68 Å². The molecule has 188 valence electrons. The van der Waals surface area contributed by atoms with Crippen molar-refractivity contribution in [2.24, 2.45) is 0 Å². The van der Waals surface area contributed by atoms with Crippen LogP contribution in [0.25, 0.3) is 11.0 Å². The van der Waals surface area contributed by atoms with Gasteiger partial charge in [-0.15, -0.1) is 14.4 Å². The van der Waals surface area contributed by atoms with Crippen molar-refractivity contribution in [2.45, 2.75) is 38.0 Å². The summed E-state index contributed by atoms with van der Waals surface area (Å²) in [5, 5.41) is 8.38. The fraction of sp³-hybridized carbons (Fsp3) is 0.611. The Bertz CT molecular complexity index is 921. The molecule has 2 atom stereocenters. The maximum absolute atomic E-state index is 13.0. The van der Waals surface area contributed by atoms with Crippen molar-refractivity contribution in [2.75, 3.05) is 35.2 Å². The van der Waals surface area contributed by atoms with E-state index >= 15 is 0 Å². The lowest BCUT2D eigenvalue weighted by molar-refractivity contribution is -0.132. The summed E-state index contributed by atoms with van der Waals surface area (Å²) >= 11 is 0. The van der Waals surface area contributed by atoms with E-state index in [0.717, 1.165) is 0 Å². The van der Waals surface area contributed by atoms with Crippen molar-refractivity contribution in [1.82, 2.24) is 29.0 Å². The minimum atomic E-state index is -5.18. The van der Waals surface area contributed by atoms with Crippen LogP contribution in [0.2, 0.25) is 0 Å². The first kappa shape index (κ1) is 28.1. The molecular weight excluding hydrogens is 480 g/mol. The number of aromatic nitrogens is 3. The third-order valence-electron chi connectivity index (χ3n) is 5.26. The predicted molar refractivity (Wildman–Crippen MR) is 122 cm³/mol. The first-order valence-corrected chi connectivity index (χ1v) is 13.3. The Morgan fingerprint density at radius 2 is 1.76 bits per heavy atom. The quantitative estimate of drug-likeness (QED) is 0.223. The van der Waals surface area contributed by atoms with Crippen LogP contribution in [0.4, 0.5) is 9.05 Å². The number of hydrogen-bond donors (Lipinski definition) is 1. The highest BCUT2D eigenvalue weighted by Crippen LogP contribution is 2.64. The predicted octanol–water partition coefficient (Wildman–Crippen LogP) is 4.34. The molecule has 0 radical (unpaired) electrons. The number of unbranched alkanes of at least 4 members (excludes halogenated alkanes) is 2. The Morgan fingerprint density at radius 3 is 2.30 bits per heavy atom. The van der Waals surface area contributed by atoms with Crippen LogP contribution < -0.4 is 0 Å². The van der Waals surface area contributed by atoms with Gasteiger partial charge in [0.25, 0.3) is 0 Å². The van der Waals surface area contributed by atoms with E-state index in [-0.39, 0.29) is 6.42 Å². The summed E-state index contributed by atoms with van der Waals surface area (Å²) in [7, 11) is 0.0219. The van der Waals surface area contributed by atoms with Crippen molar-refractivity contribution < 1.29 is 32.5 Å². The van der Waals surface area contributed by atoms with Gasteiger partial charge in [-0.1, -0.05) is 44.3 Å². The van der Waals surface area contributed by atoms with Gasteiger partial charge in [-0.25, -0.2) is 9.25 Å². The van der Waals surface area contributed by atoms with Crippen LogP contribution in [-0.4, -0.2) is 75.2 Å². The van der Waals surface area contributed by atoms with Crippen LogP contribution >= 0.6 is 15.8 Å². The van der Waals surface area contributed by atoms with E-state index in [4.69, 9.17) is 4.52 Å². The zero-order valence-electron chi connectivity index (χ0n) is 19.4.